The van der Waals surface area contributed by atoms with E-state index in [0.29, 0.717) is 22.9 Å². The highest BCUT2D eigenvalue weighted by Crippen LogP contribution is 2.21. The van der Waals surface area contributed by atoms with E-state index in [1.807, 2.05) is 43.3 Å². The van der Waals surface area contributed by atoms with Gasteiger partial charge in [-0.25, -0.2) is 0 Å². The summed E-state index contributed by atoms with van der Waals surface area (Å²) in [5.74, 6) is 0.534. The van der Waals surface area contributed by atoms with Crippen LogP contribution in [0.25, 0.3) is 0 Å². The molecule has 0 saturated heterocycles. The number of pyridine rings is 1. The second-order valence-electron chi connectivity index (χ2n) is 6.04. The van der Waals surface area contributed by atoms with Crippen LogP contribution in [0.4, 0.5) is 11.4 Å². The highest BCUT2D eigenvalue weighted by atomic mass is 35.5. The molecule has 1 amide bonds. The number of ether oxygens (including phenoxy) is 1. The number of methoxy groups -OCH3 is 1. The molecule has 1 aromatic heterocycles. The molecule has 5 nitrogen and oxygen atoms in total. The predicted molar refractivity (Wildman–Crippen MR) is 109 cm³/mol. The van der Waals surface area contributed by atoms with E-state index >= 15 is 0 Å². The Morgan fingerprint density at radius 1 is 1.11 bits per heavy atom. The number of aromatic nitrogens is 1. The molecule has 0 aliphatic rings. The number of hydrogen-bond donors (Lipinski definition) is 2. The fourth-order valence-electron chi connectivity index (χ4n) is 2.53. The zero-order valence-corrected chi connectivity index (χ0v) is 15.9. The van der Waals surface area contributed by atoms with Crippen molar-refractivity contribution in [2.45, 2.75) is 13.5 Å². The fourth-order valence-corrected chi connectivity index (χ4v) is 2.70. The summed E-state index contributed by atoms with van der Waals surface area (Å²) in [7, 11) is 1.64. The van der Waals surface area contributed by atoms with E-state index in [-0.39, 0.29) is 5.91 Å². The smallest absolute Gasteiger partial charge is 0.274 e. The number of benzene rings is 2. The molecule has 3 rings (SSSR count). The maximum absolute atomic E-state index is 12.5. The second-order valence-corrected chi connectivity index (χ2v) is 6.48. The summed E-state index contributed by atoms with van der Waals surface area (Å²) in [5.41, 5.74) is 3.85. The lowest BCUT2D eigenvalue weighted by molar-refractivity contribution is 0.102. The minimum atomic E-state index is -0.284. The van der Waals surface area contributed by atoms with Crippen LogP contribution < -0.4 is 15.4 Å². The number of nitrogens with zero attached hydrogens (tertiary/aromatic N) is 1. The van der Waals surface area contributed by atoms with E-state index in [2.05, 4.69) is 15.6 Å². The maximum Gasteiger partial charge on any atom is 0.274 e. The minimum absolute atomic E-state index is 0.284. The van der Waals surface area contributed by atoms with E-state index in [1.54, 1.807) is 31.5 Å². The first-order chi connectivity index (χ1) is 13.0. The highest BCUT2D eigenvalue weighted by Gasteiger charge is 2.10. The molecule has 138 valence electrons. The van der Waals surface area contributed by atoms with Crippen LogP contribution in [-0.2, 0) is 6.54 Å². The number of hydrogen-bond acceptors (Lipinski definition) is 4. The lowest BCUT2D eigenvalue weighted by Gasteiger charge is -2.10. The Labute approximate surface area is 163 Å². The zero-order valence-electron chi connectivity index (χ0n) is 15.1. The van der Waals surface area contributed by atoms with Crippen molar-refractivity contribution in [2.75, 3.05) is 17.7 Å². The predicted octanol–water partition coefficient (Wildman–Crippen LogP) is 4.92. The molecule has 2 N–H and O–H groups in total. The number of nitrogens with one attached hydrogen (secondary N) is 2. The summed E-state index contributed by atoms with van der Waals surface area (Å²) in [5, 5.41) is 6.72. The lowest BCUT2D eigenvalue weighted by Crippen LogP contribution is -2.14. The second kappa shape index (κ2) is 8.56. The number of carbonyl (C=O) groups excluding carboxylic acids is 1. The topological polar surface area (TPSA) is 63.2 Å². The van der Waals surface area contributed by atoms with Crippen molar-refractivity contribution < 1.29 is 9.53 Å². The van der Waals surface area contributed by atoms with Gasteiger partial charge in [-0.2, -0.15) is 0 Å². The summed E-state index contributed by atoms with van der Waals surface area (Å²) in [6.45, 7) is 2.54. The van der Waals surface area contributed by atoms with Gasteiger partial charge in [0, 0.05) is 29.1 Å². The molecule has 0 radical (unpaired) electrons. The molecule has 6 heteroatoms. The Hall–Kier alpha value is -3.05. The van der Waals surface area contributed by atoms with Crippen LogP contribution in [-0.4, -0.2) is 18.0 Å². The van der Waals surface area contributed by atoms with Crippen molar-refractivity contribution in [3.63, 3.8) is 0 Å². The number of halogens is 1. The molecule has 0 unspecified atom stereocenters. The molecule has 0 fully saturated rings. The van der Waals surface area contributed by atoms with E-state index in [0.717, 1.165) is 22.6 Å². The Balaban J connectivity index is 1.67. The van der Waals surface area contributed by atoms with Gasteiger partial charge in [-0.3, -0.25) is 9.78 Å². The number of amides is 1. The van der Waals surface area contributed by atoms with Gasteiger partial charge in [-0.1, -0.05) is 29.8 Å². The molecule has 0 bridgehead atoms. The fraction of sp³-hybridized carbons (Fsp3) is 0.143. The van der Waals surface area contributed by atoms with Gasteiger partial charge in [0.2, 0.25) is 0 Å². The van der Waals surface area contributed by atoms with Gasteiger partial charge in [-0.05, 0) is 54.4 Å². The van der Waals surface area contributed by atoms with Crippen LogP contribution in [0.5, 0.6) is 5.75 Å². The quantitative estimate of drug-likeness (QED) is 0.636. The molecule has 0 aliphatic carbocycles. The monoisotopic (exact) mass is 381 g/mol. The third kappa shape index (κ3) is 4.99. The van der Waals surface area contributed by atoms with Crippen LogP contribution in [0.3, 0.4) is 0 Å². The third-order valence-corrected chi connectivity index (χ3v) is 4.33. The van der Waals surface area contributed by atoms with Crippen molar-refractivity contribution in [2.24, 2.45) is 0 Å². The molecule has 2 aromatic carbocycles. The van der Waals surface area contributed by atoms with Gasteiger partial charge >= 0.3 is 0 Å². The third-order valence-electron chi connectivity index (χ3n) is 4.10. The first-order valence-electron chi connectivity index (χ1n) is 8.45. The van der Waals surface area contributed by atoms with Gasteiger partial charge in [0.25, 0.3) is 5.91 Å². The molecule has 3 aromatic rings. The normalized spacial score (nSPS) is 10.3. The van der Waals surface area contributed by atoms with Crippen LogP contribution in [0.15, 0.2) is 60.8 Å². The Morgan fingerprint density at radius 2 is 1.89 bits per heavy atom. The van der Waals surface area contributed by atoms with Crippen molar-refractivity contribution in [3.05, 3.63) is 82.6 Å². The summed E-state index contributed by atoms with van der Waals surface area (Å²) < 4.78 is 5.16. The van der Waals surface area contributed by atoms with E-state index in [1.165, 1.54) is 0 Å². The number of rotatable bonds is 6. The van der Waals surface area contributed by atoms with E-state index < -0.39 is 0 Å². The molecule has 1 heterocycles. The van der Waals surface area contributed by atoms with Gasteiger partial charge in [0.15, 0.2) is 0 Å². The molecule has 0 saturated carbocycles. The van der Waals surface area contributed by atoms with Crippen LogP contribution in [0.2, 0.25) is 5.02 Å². The number of anilines is 2. The average molecular weight is 382 g/mol. The Morgan fingerprint density at radius 3 is 2.63 bits per heavy atom. The summed E-state index contributed by atoms with van der Waals surface area (Å²) >= 11 is 6.01. The van der Waals surface area contributed by atoms with Crippen molar-refractivity contribution in [3.8, 4) is 5.75 Å². The molecule has 27 heavy (non-hydrogen) atoms. The molecule has 0 aliphatic heterocycles. The van der Waals surface area contributed by atoms with Gasteiger partial charge in [0.1, 0.15) is 11.4 Å². The van der Waals surface area contributed by atoms with Crippen molar-refractivity contribution in [1.29, 1.82) is 0 Å². The van der Waals surface area contributed by atoms with E-state index in [9.17, 15) is 4.79 Å². The molecular weight excluding hydrogens is 362 g/mol. The summed E-state index contributed by atoms with van der Waals surface area (Å²) in [6.07, 6.45) is 1.61. The van der Waals surface area contributed by atoms with Crippen molar-refractivity contribution >= 4 is 28.9 Å². The lowest BCUT2D eigenvalue weighted by atomic mass is 10.2. The molecular formula is C21H20ClN3O2. The van der Waals surface area contributed by atoms with Crippen LogP contribution in [0, 0.1) is 6.92 Å². The standard InChI is InChI=1S/C21H20ClN3O2/c1-14-3-6-16(22)11-19(14)25-21(26)20-12-17(9-10-23-20)24-13-15-4-7-18(27-2)8-5-15/h3-12H,13H2,1-2H3,(H,23,24)(H,25,26). The Kier molecular flexibility index (Phi) is 5.94. The highest BCUT2D eigenvalue weighted by molar-refractivity contribution is 6.31. The summed E-state index contributed by atoms with van der Waals surface area (Å²) in [4.78, 5) is 16.7. The SMILES string of the molecule is COc1ccc(CNc2ccnc(C(=O)Nc3cc(Cl)ccc3C)c2)cc1. The van der Waals surface area contributed by atoms with E-state index in [4.69, 9.17) is 16.3 Å². The first-order valence-corrected chi connectivity index (χ1v) is 8.83. The summed E-state index contributed by atoms with van der Waals surface area (Å²) in [6, 6.07) is 16.7. The maximum atomic E-state index is 12.5. The molecule has 0 spiro atoms. The van der Waals surface area contributed by atoms with Gasteiger partial charge < -0.3 is 15.4 Å². The van der Waals surface area contributed by atoms with Crippen LogP contribution in [0.1, 0.15) is 21.6 Å². The van der Waals surface area contributed by atoms with Crippen molar-refractivity contribution in [1.82, 2.24) is 4.98 Å². The number of aryl methyl sites for hydroxylation is 1. The molecule has 0 atom stereocenters. The number of carbonyl (C=O) groups is 1. The zero-order chi connectivity index (χ0) is 19.2. The van der Waals surface area contributed by atoms with Gasteiger partial charge in [-0.15, -0.1) is 0 Å². The first kappa shape index (κ1) is 18.7. The largest absolute Gasteiger partial charge is 0.497 e. The minimum Gasteiger partial charge on any atom is -0.497 e. The Bertz CT molecular complexity index is 942. The average Bonchev–Trinajstić information content (AvgIpc) is 2.69. The van der Waals surface area contributed by atoms with Crippen LogP contribution >= 0.6 is 11.6 Å². The van der Waals surface area contributed by atoms with Gasteiger partial charge in [0.05, 0.1) is 7.11 Å².